The van der Waals surface area contributed by atoms with Gasteiger partial charge in [0.15, 0.2) is 0 Å². The minimum atomic E-state index is 0.564. The Labute approximate surface area is 150 Å². The van der Waals surface area contributed by atoms with Gasteiger partial charge in [-0.25, -0.2) is 0 Å². The van der Waals surface area contributed by atoms with Gasteiger partial charge in [0.2, 0.25) is 0 Å². The highest BCUT2D eigenvalue weighted by molar-refractivity contribution is 5.34. The van der Waals surface area contributed by atoms with Crippen molar-refractivity contribution in [2.24, 2.45) is 13.0 Å². The van der Waals surface area contributed by atoms with Gasteiger partial charge in [0.05, 0.1) is 6.61 Å². The zero-order chi connectivity index (χ0) is 17.8. The molecule has 1 aromatic heterocycles. The lowest BCUT2D eigenvalue weighted by Crippen LogP contribution is -2.37. The fourth-order valence-electron chi connectivity index (χ4n) is 3.55. The van der Waals surface area contributed by atoms with Crippen molar-refractivity contribution in [3.8, 4) is 11.8 Å². The Hall–Kier alpha value is -2.25. The molecule has 0 N–H and O–H groups in total. The Bertz CT molecular complexity index is 755. The Morgan fingerprint density at radius 1 is 1.24 bits per heavy atom. The quantitative estimate of drug-likeness (QED) is 0.833. The molecule has 4 nitrogen and oxygen atoms in total. The predicted molar refractivity (Wildman–Crippen MR) is 99.5 cm³/mol. The van der Waals surface area contributed by atoms with Crippen LogP contribution in [0.15, 0.2) is 30.3 Å². The summed E-state index contributed by atoms with van der Waals surface area (Å²) in [5, 5.41) is 9.20. The molecule has 0 bridgehead atoms. The first-order valence-corrected chi connectivity index (χ1v) is 9.04. The van der Waals surface area contributed by atoms with Gasteiger partial charge in [-0.3, -0.25) is 4.90 Å². The predicted octanol–water partition coefficient (Wildman–Crippen LogP) is 3.80. The van der Waals surface area contributed by atoms with Crippen LogP contribution in [0.5, 0.6) is 5.75 Å². The third-order valence-corrected chi connectivity index (χ3v) is 5.26. The highest BCUT2D eigenvalue weighted by Crippen LogP contribution is 2.22. The van der Waals surface area contributed by atoms with Gasteiger partial charge in [0.1, 0.15) is 17.5 Å². The topological polar surface area (TPSA) is 41.2 Å². The first-order valence-electron chi connectivity index (χ1n) is 9.04. The monoisotopic (exact) mass is 337 g/mol. The summed E-state index contributed by atoms with van der Waals surface area (Å²) in [6.07, 6.45) is 2.43. The summed E-state index contributed by atoms with van der Waals surface area (Å²) >= 11 is 0. The molecule has 25 heavy (non-hydrogen) atoms. The van der Waals surface area contributed by atoms with Gasteiger partial charge in [-0.05, 0) is 57.0 Å². The normalized spacial score (nSPS) is 18.1. The van der Waals surface area contributed by atoms with Crippen molar-refractivity contribution in [2.75, 3.05) is 19.7 Å². The molecule has 1 atom stereocenters. The van der Waals surface area contributed by atoms with E-state index in [0.29, 0.717) is 5.92 Å². The first kappa shape index (κ1) is 17.6. The third kappa shape index (κ3) is 4.24. The van der Waals surface area contributed by atoms with Crippen molar-refractivity contribution >= 4 is 0 Å². The summed E-state index contributed by atoms with van der Waals surface area (Å²) in [5.74, 6) is 1.52. The molecule has 0 radical (unpaired) electrons. The largest absolute Gasteiger partial charge is 0.493 e. The maximum absolute atomic E-state index is 9.20. The fourth-order valence-corrected chi connectivity index (χ4v) is 3.55. The Morgan fingerprint density at radius 3 is 2.68 bits per heavy atom. The molecule has 0 amide bonds. The maximum Gasteiger partial charge on any atom is 0.120 e. The van der Waals surface area contributed by atoms with Gasteiger partial charge < -0.3 is 9.30 Å². The fraction of sp³-hybridized carbons (Fsp3) is 0.476. The summed E-state index contributed by atoms with van der Waals surface area (Å²) < 4.78 is 7.97. The van der Waals surface area contributed by atoms with Gasteiger partial charge >= 0.3 is 0 Å². The molecular formula is C21H27N3O. The van der Waals surface area contributed by atoms with Crippen LogP contribution in [0, 0.1) is 31.1 Å². The number of likely N-dealkylation sites (tertiary alicyclic amines) is 1. The van der Waals surface area contributed by atoms with Crippen LogP contribution in [0.25, 0.3) is 0 Å². The summed E-state index contributed by atoms with van der Waals surface area (Å²) in [4.78, 5) is 2.50. The summed E-state index contributed by atoms with van der Waals surface area (Å²) in [6, 6.07) is 12.6. The number of nitriles is 1. The Kier molecular flexibility index (Phi) is 5.45. The van der Waals surface area contributed by atoms with Crippen LogP contribution < -0.4 is 4.74 Å². The Balaban J connectivity index is 1.56. The van der Waals surface area contributed by atoms with E-state index in [2.05, 4.69) is 36.9 Å². The molecule has 1 aliphatic heterocycles. The van der Waals surface area contributed by atoms with Crippen LogP contribution in [0.1, 0.15) is 35.4 Å². The number of benzene rings is 1. The van der Waals surface area contributed by atoms with Crippen LogP contribution in [0.2, 0.25) is 0 Å². The molecule has 0 saturated carbocycles. The van der Waals surface area contributed by atoms with Crippen LogP contribution in [0.4, 0.5) is 0 Å². The molecule has 0 spiro atoms. The minimum absolute atomic E-state index is 0.564. The zero-order valence-electron chi connectivity index (χ0n) is 15.5. The van der Waals surface area contributed by atoms with Gasteiger partial charge in [0, 0.05) is 31.7 Å². The molecule has 1 fully saturated rings. The molecule has 3 rings (SSSR count). The second kappa shape index (κ2) is 7.76. The van der Waals surface area contributed by atoms with Crippen molar-refractivity contribution in [3.63, 3.8) is 0 Å². The number of hydrogen-bond donors (Lipinski definition) is 0. The average Bonchev–Trinajstić information content (AvgIpc) is 2.89. The highest BCUT2D eigenvalue weighted by Gasteiger charge is 2.22. The highest BCUT2D eigenvalue weighted by atomic mass is 16.5. The van der Waals surface area contributed by atoms with Gasteiger partial charge in [-0.1, -0.05) is 17.7 Å². The van der Waals surface area contributed by atoms with E-state index in [-0.39, 0.29) is 0 Å². The maximum atomic E-state index is 9.20. The molecule has 0 unspecified atom stereocenters. The number of ether oxygens (including phenoxy) is 1. The van der Waals surface area contributed by atoms with E-state index >= 15 is 0 Å². The number of aryl methyl sites for hydroxylation is 1. The number of nitrogens with zero attached hydrogens (tertiary/aromatic N) is 3. The van der Waals surface area contributed by atoms with Crippen LogP contribution in [-0.2, 0) is 13.6 Å². The number of piperidine rings is 1. The number of rotatable bonds is 5. The minimum Gasteiger partial charge on any atom is -0.493 e. The van der Waals surface area contributed by atoms with Crippen LogP contribution in [0.3, 0.4) is 0 Å². The molecule has 132 valence electrons. The van der Waals surface area contributed by atoms with E-state index in [1.54, 1.807) is 0 Å². The van der Waals surface area contributed by atoms with E-state index in [1.807, 2.05) is 29.8 Å². The average molecular weight is 337 g/mol. The number of aromatic nitrogens is 1. The van der Waals surface area contributed by atoms with Crippen LogP contribution in [-0.4, -0.2) is 29.2 Å². The summed E-state index contributed by atoms with van der Waals surface area (Å²) in [5.41, 5.74) is 4.45. The smallest absolute Gasteiger partial charge is 0.120 e. The van der Waals surface area contributed by atoms with E-state index < -0.39 is 0 Å². The van der Waals surface area contributed by atoms with E-state index in [0.717, 1.165) is 37.7 Å². The van der Waals surface area contributed by atoms with Crippen molar-refractivity contribution in [3.05, 3.63) is 52.8 Å². The lowest BCUT2D eigenvalue weighted by atomic mass is 9.98. The zero-order valence-corrected chi connectivity index (χ0v) is 15.5. The van der Waals surface area contributed by atoms with Gasteiger partial charge in [0.25, 0.3) is 0 Å². The first-order chi connectivity index (χ1) is 12.1. The molecule has 1 saturated heterocycles. The Morgan fingerprint density at radius 2 is 2.00 bits per heavy atom. The second-order valence-electron chi connectivity index (χ2n) is 7.18. The molecule has 1 aliphatic rings. The molecule has 2 aromatic rings. The van der Waals surface area contributed by atoms with Crippen molar-refractivity contribution < 1.29 is 4.74 Å². The standard InChI is InChI=1S/C21H27N3O/c1-16-6-8-21(9-7-16)25-15-18-5-4-10-24(13-18)14-19-11-20(12-22)23(3)17(19)2/h6-9,11,18H,4-5,10,13-15H2,1-3H3/t18-/m1/s1. The lowest BCUT2D eigenvalue weighted by molar-refractivity contribution is 0.125. The van der Waals surface area contributed by atoms with Crippen molar-refractivity contribution in [2.45, 2.75) is 33.2 Å². The molecule has 1 aromatic carbocycles. The molecular weight excluding hydrogens is 310 g/mol. The van der Waals surface area contributed by atoms with Gasteiger partial charge in [-0.2, -0.15) is 5.26 Å². The second-order valence-corrected chi connectivity index (χ2v) is 7.18. The number of hydrogen-bond acceptors (Lipinski definition) is 3. The molecule has 2 heterocycles. The molecule has 0 aliphatic carbocycles. The van der Waals surface area contributed by atoms with Crippen molar-refractivity contribution in [1.82, 2.24) is 9.47 Å². The van der Waals surface area contributed by atoms with Gasteiger partial charge in [-0.15, -0.1) is 0 Å². The van der Waals surface area contributed by atoms with E-state index in [9.17, 15) is 5.26 Å². The lowest BCUT2D eigenvalue weighted by Gasteiger charge is -2.32. The summed E-state index contributed by atoms with van der Waals surface area (Å²) in [6.45, 7) is 8.06. The molecule has 4 heteroatoms. The van der Waals surface area contributed by atoms with Crippen LogP contribution >= 0.6 is 0 Å². The van der Waals surface area contributed by atoms with E-state index in [4.69, 9.17) is 4.74 Å². The third-order valence-electron chi connectivity index (χ3n) is 5.26. The van der Waals surface area contributed by atoms with Crippen molar-refractivity contribution in [1.29, 1.82) is 5.26 Å². The summed E-state index contributed by atoms with van der Waals surface area (Å²) in [7, 11) is 1.96. The van der Waals surface area contributed by atoms with E-state index in [1.165, 1.54) is 29.7 Å². The SMILES string of the molecule is Cc1ccc(OC[C@@H]2CCCN(Cc3cc(C#N)n(C)c3C)C2)cc1.